The van der Waals surface area contributed by atoms with Gasteiger partial charge in [0.15, 0.2) is 0 Å². The summed E-state index contributed by atoms with van der Waals surface area (Å²) in [6.07, 6.45) is 0. The Hall–Kier alpha value is -2.70. The summed E-state index contributed by atoms with van der Waals surface area (Å²) in [6, 6.07) is 15.3. The molecule has 0 unspecified atom stereocenters. The molecule has 4 aromatic rings. The van der Waals surface area contributed by atoms with Crippen molar-refractivity contribution in [2.45, 2.75) is 11.8 Å². The summed E-state index contributed by atoms with van der Waals surface area (Å²) in [4.78, 5) is 12.5. The Morgan fingerprint density at radius 3 is 2.34 bits per heavy atom. The molecule has 0 atom stereocenters. The van der Waals surface area contributed by atoms with Crippen LogP contribution in [0.3, 0.4) is 0 Å². The second kappa shape index (κ2) is 12.0. The molecule has 190 valence electrons. The molecule has 0 radical (unpaired) electrons. The number of amides is 1. The minimum Gasteiger partial charge on any atom is -0.870 e. The van der Waals surface area contributed by atoms with Gasteiger partial charge >= 0.3 is 29.6 Å². The molecular weight excluding hydrogens is 564 g/mol. The number of carbonyl (C=O) groups is 1. The fourth-order valence-corrected chi connectivity index (χ4v) is 4.90. The molecule has 4 rings (SSSR count). The average molecular weight is 582 g/mol. The molecular formula is C25H18Cl2N3NaO6S. The Kier molecular flexibility index (Phi) is 9.43. The van der Waals surface area contributed by atoms with Crippen molar-refractivity contribution in [3.05, 3.63) is 81.8 Å². The average Bonchev–Trinajstić information content (AvgIpc) is 2.84. The van der Waals surface area contributed by atoms with E-state index in [1.807, 2.05) is 0 Å². The Balaban J connectivity index is 0.00000400. The number of anilines is 1. The van der Waals surface area contributed by atoms with Crippen molar-refractivity contribution < 1.29 is 57.2 Å². The van der Waals surface area contributed by atoms with Gasteiger partial charge in [-0.25, -0.2) is 0 Å². The van der Waals surface area contributed by atoms with Gasteiger partial charge in [-0.1, -0.05) is 53.2 Å². The number of aryl methyl sites for hydroxylation is 1. The maximum absolute atomic E-state index is 13.4. The molecule has 38 heavy (non-hydrogen) atoms. The van der Waals surface area contributed by atoms with Crippen LogP contribution in [0, 0.1) is 6.92 Å². The summed E-state index contributed by atoms with van der Waals surface area (Å²) in [5.41, 5.74) is -0.0977. The molecule has 0 spiro atoms. The van der Waals surface area contributed by atoms with Gasteiger partial charge in [-0.3, -0.25) is 9.35 Å². The van der Waals surface area contributed by atoms with Crippen LogP contribution < -0.4 is 44.7 Å². The molecule has 0 fully saturated rings. The Bertz CT molecular complexity index is 1700. The van der Waals surface area contributed by atoms with Gasteiger partial charge in [0, 0.05) is 17.0 Å². The largest absolute Gasteiger partial charge is 1.00 e. The van der Waals surface area contributed by atoms with Crippen molar-refractivity contribution in [3.8, 4) is 11.5 Å². The van der Waals surface area contributed by atoms with E-state index in [4.69, 9.17) is 27.9 Å². The van der Waals surface area contributed by atoms with E-state index in [2.05, 4.69) is 15.5 Å². The smallest absolute Gasteiger partial charge is 0.870 e. The van der Waals surface area contributed by atoms with Gasteiger partial charge in [0.25, 0.3) is 16.0 Å². The number of nitrogens with zero attached hydrogens (tertiary/aromatic N) is 2. The van der Waals surface area contributed by atoms with E-state index in [9.17, 15) is 22.9 Å². The first-order valence-corrected chi connectivity index (χ1v) is 12.8. The van der Waals surface area contributed by atoms with E-state index in [-0.39, 0.29) is 62.2 Å². The number of ether oxygens (including phenoxy) is 1. The van der Waals surface area contributed by atoms with Gasteiger partial charge in [-0.05, 0) is 48.2 Å². The zero-order chi connectivity index (χ0) is 26.9. The molecule has 4 aromatic carbocycles. The number of methoxy groups -OCH3 is 1. The van der Waals surface area contributed by atoms with Crippen molar-refractivity contribution in [1.82, 2.24) is 0 Å². The summed E-state index contributed by atoms with van der Waals surface area (Å²) in [5.74, 6) is -1.02. The van der Waals surface area contributed by atoms with Crippen LogP contribution in [-0.4, -0.2) is 26.0 Å². The standard InChI is InChI=1S/C25H19Cl2N3O6S.Na/c1-13-9-19(27)23(21(10-13)37(33,34)35)30-29-22-16-6-4-3-5-14(16)11-17(24(22)31)25(32)28-20-8-7-15(36-2)12-18(20)26;/h3-12,31H,1-2H3,(H,28,32)(H,33,34,35);/q;+1/p-1. The maximum Gasteiger partial charge on any atom is 1.00 e. The van der Waals surface area contributed by atoms with Crippen molar-refractivity contribution in [2.24, 2.45) is 10.2 Å². The van der Waals surface area contributed by atoms with Gasteiger partial charge in [0.1, 0.15) is 16.3 Å². The Labute approximate surface area is 250 Å². The van der Waals surface area contributed by atoms with Crippen molar-refractivity contribution in [3.63, 3.8) is 0 Å². The van der Waals surface area contributed by atoms with Crippen LogP contribution in [0.4, 0.5) is 17.1 Å². The summed E-state index contributed by atoms with van der Waals surface area (Å²) in [6.45, 7) is 1.59. The minimum atomic E-state index is -4.70. The van der Waals surface area contributed by atoms with Crippen LogP contribution in [0.25, 0.3) is 10.8 Å². The summed E-state index contributed by atoms with van der Waals surface area (Å²) >= 11 is 12.4. The molecule has 9 nitrogen and oxygen atoms in total. The first-order chi connectivity index (χ1) is 17.5. The normalized spacial score (nSPS) is 11.4. The predicted molar refractivity (Wildman–Crippen MR) is 140 cm³/mol. The van der Waals surface area contributed by atoms with Crippen molar-refractivity contribution in [1.29, 1.82) is 0 Å². The zero-order valence-electron chi connectivity index (χ0n) is 20.3. The van der Waals surface area contributed by atoms with E-state index in [1.54, 1.807) is 37.3 Å². The van der Waals surface area contributed by atoms with Gasteiger partial charge in [-0.2, -0.15) is 13.5 Å². The third-order valence-corrected chi connectivity index (χ3v) is 6.81. The van der Waals surface area contributed by atoms with Crippen molar-refractivity contribution in [2.75, 3.05) is 12.4 Å². The van der Waals surface area contributed by atoms with Gasteiger partial charge in [-0.15, -0.1) is 5.11 Å². The zero-order valence-corrected chi connectivity index (χ0v) is 24.6. The van der Waals surface area contributed by atoms with Gasteiger partial charge in [0.2, 0.25) is 0 Å². The van der Waals surface area contributed by atoms with Crippen LogP contribution in [0.15, 0.2) is 75.8 Å². The summed E-state index contributed by atoms with van der Waals surface area (Å²) in [7, 11) is -3.23. The molecule has 13 heteroatoms. The first kappa shape index (κ1) is 29.9. The number of halogens is 2. The van der Waals surface area contributed by atoms with Crippen LogP contribution in [0.2, 0.25) is 10.0 Å². The molecule has 0 aliphatic carbocycles. The van der Waals surface area contributed by atoms with E-state index < -0.39 is 26.7 Å². The van der Waals surface area contributed by atoms with E-state index in [1.165, 1.54) is 37.4 Å². The maximum atomic E-state index is 13.4. The molecule has 0 saturated carbocycles. The molecule has 0 aliphatic rings. The van der Waals surface area contributed by atoms with Gasteiger partial charge < -0.3 is 15.2 Å². The molecule has 0 aromatic heterocycles. The quantitative estimate of drug-likeness (QED) is 0.203. The SMILES string of the molecule is COc1ccc(NC(=O)c2cc3ccccc3c(N=Nc3c(Cl)cc(C)cc3S(=O)(=O)O)c2[O-])c(Cl)c1.[Na+]. The van der Waals surface area contributed by atoms with E-state index in [0.29, 0.717) is 22.1 Å². The van der Waals surface area contributed by atoms with Gasteiger partial charge in [0.05, 0.1) is 28.5 Å². The number of hydrogen-bond donors (Lipinski definition) is 2. The summed E-state index contributed by atoms with van der Waals surface area (Å²) in [5, 5.41) is 24.8. The molecule has 0 saturated heterocycles. The minimum absolute atomic E-state index is 0. The predicted octanol–water partition coefficient (Wildman–Crippen LogP) is 3.46. The second-order valence-corrected chi connectivity index (χ2v) is 10.1. The number of nitrogens with one attached hydrogen (secondary N) is 1. The molecule has 0 bridgehead atoms. The number of rotatable bonds is 6. The number of fused-ring (bicyclic) bond motifs is 1. The number of hydrogen-bond acceptors (Lipinski definition) is 7. The van der Waals surface area contributed by atoms with Crippen LogP contribution in [-0.2, 0) is 10.1 Å². The van der Waals surface area contributed by atoms with Crippen LogP contribution >= 0.6 is 23.2 Å². The molecule has 2 N–H and O–H groups in total. The number of carbonyl (C=O) groups excluding carboxylic acids is 1. The Morgan fingerprint density at radius 2 is 1.68 bits per heavy atom. The van der Waals surface area contributed by atoms with E-state index in [0.717, 1.165) is 0 Å². The second-order valence-electron chi connectivity index (χ2n) is 7.89. The van der Waals surface area contributed by atoms with E-state index >= 15 is 0 Å². The number of azo groups is 1. The van der Waals surface area contributed by atoms with Crippen LogP contribution in [0.5, 0.6) is 11.5 Å². The van der Waals surface area contributed by atoms with Crippen LogP contribution in [0.1, 0.15) is 15.9 Å². The molecule has 0 aliphatic heterocycles. The Morgan fingerprint density at radius 1 is 1.00 bits per heavy atom. The first-order valence-electron chi connectivity index (χ1n) is 10.6. The fraction of sp³-hybridized carbons (Fsp3) is 0.0800. The molecule has 0 heterocycles. The summed E-state index contributed by atoms with van der Waals surface area (Å²) < 4.78 is 38.5. The van der Waals surface area contributed by atoms with Crippen molar-refractivity contribution >= 4 is 67.1 Å². The fourth-order valence-electron chi connectivity index (χ4n) is 3.59. The third kappa shape index (κ3) is 6.29. The number of benzene rings is 4. The molecule has 1 amide bonds. The topological polar surface area (TPSA) is 140 Å². The monoisotopic (exact) mass is 581 g/mol. The third-order valence-electron chi connectivity index (χ3n) is 5.35.